The van der Waals surface area contributed by atoms with E-state index in [1.807, 2.05) is 0 Å². The maximum absolute atomic E-state index is 5.38. The SMILES string of the molecule is CC1CC1CNC(C)C1CCOC1. The van der Waals surface area contributed by atoms with Gasteiger partial charge < -0.3 is 10.1 Å². The topological polar surface area (TPSA) is 21.3 Å². The van der Waals surface area contributed by atoms with Crippen LogP contribution in [0.4, 0.5) is 0 Å². The van der Waals surface area contributed by atoms with Crippen LogP contribution in [0.2, 0.25) is 0 Å². The highest BCUT2D eigenvalue weighted by molar-refractivity contribution is 4.86. The smallest absolute Gasteiger partial charge is 0.0509 e. The van der Waals surface area contributed by atoms with Gasteiger partial charge in [0.05, 0.1) is 6.61 Å². The van der Waals surface area contributed by atoms with E-state index in [1.165, 1.54) is 19.4 Å². The zero-order valence-electron chi connectivity index (χ0n) is 8.75. The first kappa shape index (κ1) is 9.47. The van der Waals surface area contributed by atoms with Crippen molar-refractivity contribution >= 4 is 0 Å². The number of nitrogens with one attached hydrogen (secondary N) is 1. The lowest BCUT2D eigenvalue weighted by Gasteiger charge is -2.19. The molecule has 4 unspecified atom stereocenters. The van der Waals surface area contributed by atoms with Crippen molar-refractivity contribution in [2.24, 2.45) is 17.8 Å². The minimum atomic E-state index is 0.648. The Bertz CT molecular complexity index is 165. The van der Waals surface area contributed by atoms with E-state index in [2.05, 4.69) is 19.2 Å². The van der Waals surface area contributed by atoms with Crippen molar-refractivity contribution in [1.29, 1.82) is 0 Å². The third-order valence-corrected chi connectivity index (χ3v) is 3.65. The third kappa shape index (κ3) is 2.44. The van der Waals surface area contributed by atoms with Crippen LogP contribution >= 0.6 is 0 Å². The molecule has 76 valence electrons. The van der Waals surface area contributed by atoms with E-state index in [1.54, 1.807) is 0 Å². The van der Waals surface area contributed by atoms with Gasteiger partial charge in [-0.3, -0.25) is 0 Å². The summed E-state index contributed by atoms with van der Waals surface area (Å²) in [5.41, 5.74) is 0. The Kier molecular flexibility index (Phi) is 2.89. The Morgan fingerprint density at radius 3 is 2.85 bits per heavy atom. The van der Waals surface area contributed by atoms with Gasteiger partial charge in [0.15, 0.2) is 0 Å². The Balaban J connectivity index is 1.63. The molecule has 0 amide bonds. The molecule has 2 rings (SSSR count). The molecule has 1 aliphatic carbocycles. The lowest BCUT2D eigenvalue weighted by molar-refractivity contribution is 0.178. The van der Waals surface area contributed by atoms with E-state index in [4.69, 9.17) is 4.74 Å². The van der Waals surface area contributed by atoms with E-state index in [0.29, 0.717) is 6.04 Å². The minimum absolute atomic E-state index is 0.648. The molecule has 1 heterocycles. The molecule has 2 nitrogen and oxygen atoms in total. The molecule has 0 radical (unpaired) electrons. The molecule has 1 saturated heterocycles. The summed E-state index contributed by atoms with van der Waals surface area (Å²) in [6.07, 6.45) is 2.68. The van der Waals surface area contributed by atoms with Gasteiger partial charge in [-0.15, -0.1) is 0 Å². The number of hydrogen-bond donors (Lipinski definition) is 1. The quantitative estimate of drug-likeness (QED) is 0.715. The van der Waals surface area contributed by atoms with Crippen LogP contribution in [0.1, 0.15) is 26.7 Å². The molecule has 2 aliphatic rings. The zero-order chi connectivity index (χ0) is 9.26. The molecule has 0 aromatic carbocycles. The summed E-state index contributed by atoms with van der Waals surface area (Å²) in [5.74, 6) is 2.69. The fourth-order valence-corrected chi connectivity index (χ4v) is 2.13. The summed E-state index contributed by atoms with van der Waals surface area (Å²) in [6.45, 7) is 7.80. The van der Waals surface area contributed by atoms with Crippen molar-refractivity contribution in [2.45, 2.75) is 32.7 Å². The summed E-state index contributed by atoms with van der Waals surface area (Å²) >= 11 is 0. The van der Waals surface area contributed by atoms with Gasteiger partial charge in [-0.2, -0.15) is 0 Å². The molecule has 1 saturated carbocycles. The number of rotatable bonds is 4. The fourth-order valence-electron chi connectivity index (χ4n) is 2.13. The van der Waals surface area contributed by atoms with Gasteiger partial charge in [0.1, 0.15) is 0 Å². The summed E-state index contributed by atoms with van der Waals surface area (Å²) in [4.78, 5) is 0. The molecule has 1 aliphatic heterocycles. The molecule has 2 heteroatoms. The highest BCUT2D eigenvalue weighted by atomic mass is 16.5. The summed E-state index contributed by atoms with van der Waals surface area (Å²) in [7, 11) is 0. The largest absolute Gasteiger partial charge is 0.381 e. The maximum Gasteiger partial charge on any atom is 0.0509 e. The van der Waals surface area contributed by atoms with Gasteiger partial charge in [0.2, 0.25) is 0 Å². The van der Waals surface area contributed by atoms with Crippen LogP contribution in [0.15, 0.2) is 0 Å². The monoisotopic (exact) mass is 183 g/mol. The highest BCUT2D eigenvalue weighted by Crippen LogP contribution is 2.37. The predicted molar refractivity (Wildman–Crippen MR) is 53.7 cm³/mol. The second-order valence-electron chi connectivity index (χ2n) is 4.79. The van der Waals surface area contributed by atoms with Crippen molar-refractivity contribution in [1.82, 2.24) is 5.32 Å². The number of hydrogen-bond acceptors (Lipinski definition) is 2. The highest BCUT2D eigenvalue weighted by Gasteiger charge is 2.33. The second-order valence-corrected chi connectivity index (χ2v) is 4.79. The van der Waals surface area contributed by atoms with Gasteiger partial charge >= 0.3 is 0 Å². The molecular weight excluding hydrogens is 162 g/mol. The Hall–Kier alpha value is -0.0800. The maximum atomic E-state index is 5.38. The summed E-state index contributed by atoms with van der Waals surface area (Å²) < 4.78 is 5.38. The molecule has 4 atom stereocenters. The van der Waals surface area contributed by atoms with Crippen LogP contribution in [0, 0.1) is 17.8 Å². The molecule has 2 fully saturated rings. The fraction of sp³-hybridized carbons (Fsp3) is 1.00. The molecule has 0 spiro atoms. The van der Waals surface area contributed by atoms with Gasteiger partial charge in [-0.1, -0.05) is 6.92 Å². The predicted octanol–water partition coefficient (Wildman–Crippen LogP) is 1.66. The lowest BCUT2D eigenvalue weighted by Crippen LogP contribution is -2.35. The standard InChI is InChI=1S/C11H21NO/c1-8-5-11(8)6-12-9(2)10-3-4-13-7-10/h8-12H,3-7H2,1-2H3. The Morgan fingerprint density at radius 2 is 2.31 bits per heavy atom. The first-order chi connectivity index (χ1) is 6.27. The molecule has 13 heavy (non-hydrogen) atoms. The van der Waals surface area contributed by atoms with Crippen LogP contribution in [0.3, 0.4) is 0 Å². The van der Waals surface area contributed by atoms with Crippen molar-refractivity contribution in [2.75, 3.05) is 19.8 Å². The van der Waals surface area contributed by atoms with Crippen LogP contribution in [0.5, 0.6) is 0 Å². The van der Waals surface area contributed by atoms with Gasteiger partial charge in [-0.25, -0.2) is 0 Å². The van der Waals surface area contributed by atoms with E-state index in [0.717, 1.165) is 31.0 Å². The van der Waals surface area contributed by atoms with Crippen LogP contribution in [0.25, 0.3) is 0 Å². The normalized spacial score (nSPS) is 40.6. The van der Waals surface area contributed by atoms with Gasteiger partial charge in [-0.05, 0) is 44.1 Å². The van der Waals surface area contributed by atoms with E-state index < -0.39 is 0 Å². The second kappa shape index (κ2) is 3.97. The molecular formula is C11H21NO. The van der Waals surface area contributed by atoms with E-state index >= 15 is 0 Å². The minimum Gasteiger partial charge on any atom is -0.381 e. The van der Waals surface area contributed by atoms with E-state index in [-0.39, 0.29) is 0 Å². The molecule has 0 bridgehead atoms. The van der Waals surface area contributed by atoms with Crippen molar-refractivity contribution in [3.05, 3.63) is 0 Å². The van der Waals surface area contributed by atoms with Crippen LogP contribution in [-0.4, -0.2) is 25.8 Å². The van der Waals surface area contributed by atoms with Crippen LogP contribution < -0.4 is 5.32 Å². The average molecular weight is 183 g/mol. The lowest BCUT2D eigenvalue weighted by atomic mass is 10.0. The first-order valence-electron chi connectivity index (χ1n) is 5.58. The molecule has 0 aromatic heterocycles. The molecule has 1 N–H and O–H groups in total. The summed E-state index contributed by atoms with van der Waals surface area (Å²) in [5, 5.41) is 3.64. The zero-order valence-corrected chi connectivity index (χ0v) is 8.75. The van der Waals surface area contributed by atoms with Crippen molar-refractivity contribution in [3.8, 4) is 0 Å². The summed E-state index contributed by atoms with van der Waals surface area (Å²) in [6, 6.07) is 0.648. The third-order valence-electron chi connectivity index (χ3n) is 3.65. The van der Waals surface area contributed by atoms with Gasteiger partial charge in [0, 0.05) is 12.6 Å². The Morgan fingerprint density at radius 1 is 1.54 bits per heavy atom. The number of ether oxygens (including phenoxy) is 1. The average Bonchev–Trinajstić information content (AvgIpc) is 2.67. The van der Waals surface area contributed by atoms with Crippen molar-refractivity contribution < 1.29 is 4.74 Å². The van der Waals surface area contributed by atoms with Crippen LogP contribution in [-0.2, 0) is 4.74 Å². The van der Waals surface area contributed by atoms with E-state index in [9.17, 15) is 0 Å². The molecule has 0 aromatic rings. The Labute approximate surface area is 81.0 Å². The first-order valence-corrected chi connectivity index (χ1v) is 5.58. The van der Waals surface area contributed by atoms with Gasteiger partial charge in [0.25, 0.3) is 0 Å². The van der Waals surface area contributed by atoms with Crippen molar-refractivity contribution in [3.63, 3.8) is 0 Å².